The van der Waals surface area contributed by atoms with Gasteiger partial charge in [0.05, 0.1) is 0 Å². The average Bonchev–Trinajstić information content (AvgIpc) is 2.15. The molecule has 1 atom stereocenters. The summed E-state index contributed by atoms with van der Waals surface area (Å²) in [5.41, 5.74) is 0. The van der Waals surface area contributed by atoms with E-state index in [1.54, 1.807) is 0 Å². The number of carbonyl (C=O) groups is 1. The SMILES string of the molecule is CC[O][SnH]([C](=O)O)[c]1ccccc1. The topological polar surface area (TPSA) is 46.5 Å². The molecule has 0 fully saturated rings. The van der Waals surface area contributed by atoms with E-state index >= 15 is 0 Å². The van der Waals surface area contributed by atoms with Gasteiger partial charge in [-0.15, -0.1) is 0 Å². The molecule has 0 spiro atoms. The molecule has 4 heteroatoms. The Hall–Kier alpha value is -0.551. The zero-order chi connectivity index (χ0) is 9.68. The fraction of sp³-hybridized carbons (Fsp3) is 0.222. The maximum absolute atomic E-state index is 10.9. The van der Waals surface area contributed by atoms with Crippen LogP contribution in [0.25, 0.3) is 0 Å². The van der Waals surface area contributed by atoms with Gasteiger partial charge in [-0.05, 0) is 0 Å². The van der Waals surface area contributed by atoms with Gasteiger partial charge in [-0.1, -0.05) is 0 Å². The van der Waals surface area contributed by atoms with Crippen molar-refractivity contribution < 1.29 is 13.0 Å². The van der Waals surface area contributed by atoms with E-state index in [-0.39, 0.29) is 0 Å². The van der Waals surface area contributed by atoms with E-state index in [9.17, 15) is 4.79 Å². The molecule has 0 aromatic heterocycles. The van der Waals surface area contributed by atoms with Crippen LogP contribution in [0.5, 0.6) is 0 Å². The van der Waals surface area contributed by atoms with Gasteiger partial charge >= 0.3 is 84.6 Å². The molecule has 13 heavy (non-hydrogen) atoms. The third kappa shape index (κ3) is 3.00. The summed E-state index contributed by atoms with van der Waals surface area (Å²) in [4.78, 5) is 10.9. The summed E-state index contributed by atoms with van der Waals surface area (Å²) in [6.07, 6.45) is 0. The Bertz CT molecular complexity index is 273. The Kier molecular flexibility index (Phi) is 4.24. The van der Waals surface area contributed by atoms with Crippen LogP contribution in [0.4, 0.5) is 4.79 Å². The zero-order valence-electron chi connectivity index (χ0n) is 7.43. The van der Waals surface area contributed by atoms with Crippen LogP contribution in [0.1, 0.15) is 6.92 Å². The van der Waals surface area contributed by atoms with Crippen molar-refractivity contribution in [2.75, 3.05) is 6.61 Å². The van der Waals surface area contributed by atoms with Gasteiger partial charge in [0.25, 0.3) is 0 Å². The Balaban J connectivity index is 2.82. The second-order valence-corrected chi connectivity index (χ2v) is 9.02. The molecule has 1 aromatic carbocycles. The first-order chi connectivity index (χ1) is 6.25. The molecule has 1 unspecified atom stereocenters. The second-order valence-electron chi connectivity index (χ2n) is 2.58. The normalized spacial score (nSPS) is 12.4. The van der Waals surface area contributed by atoms with Crippen molar-refractivity contribution in [3.8, 4) is 0 Å². The zero-order valence-corrected chi connectivity index (χ0v) is 10.7. The summed E-state index contributed by atoms with van der Waals surface area (Å²) in [7, 11) is 0. The van der Waals surface area contributed by atoms with Crippen LogP contribution < -0.4 is 3.58 Å². The summed E-state index contributed by atoms with van der Waals surface area (Å²) in [6, 6.07) is 9.25. The predicted octanol–water partition coefficient (Wildman–Crippen LogP) is 0.914. The molecule has 0 aliphatic carbocycles. The van der Waals surface area contributed by atoms with Crippen molar-refractivity contribution >= 4 is 27.7 Å². The maximum atomic E-state index is 10.9. The van der Waals surface area contributed by atoms with Gasteiger partial charge in [0.2, 0.25) is 0 Å². The van der Waals surface area contributed by atoms with Crippen LogP contribution in [0.3, 0.4) is 0 Å². The number of rotatable bonds is 4. The van der Waals surface area contributed by atoms with Gasteiger partial charge in [0.1, 0.15) is 0 Å². The second kappa shape index (κ2) is 5.24. The van der Waals surface area contributed by atoms with Gasteiger partial charge in [0.15, 0.2) is 0 Å². The molecule has 0 heterocycles. The van der Waals surface area contributed by atoms with E-state index in [4.69, 9.17) is 8.18 Å². The van der Waals surface area contributed by atoms with E-state index in [0.29, 0.717) is 6.61 Å². The van der Waals surface area contributed by atoms with E-state index in [1.165, 1.54) is 0 Å². The quantitative estimate of drug-likeness (QED) is 0.837. The van der Waals surface area contributed by atoms with Crippen molar-refractivity contribution in [2.24, 2.45) is 0 Å². The van der Waals surface area contributed by atoms with Crippen molar-refractivity contribution in [3.63, 3.8) is 0 Å². The summed E-state index contributed by atoms with van der Waals surface area (Å²) < 4.78 is 5.45. The predicted molar refractivity (Wildman–Crippen MR) is 52.9 cm³/mol. The van der Waals surface area contributed by atoms with Crippen LogP contribution in [0.15, 0.2) is 30.3 Å². The van der Waals surface area contributed by atoms with Crippen molar-refractivity contribution in [2.45, 2.75) is 6.92 Å². The van der Waals surface area contributed by atoms with Crippen LogP contribution in [0.2, 0.25) is 0 Å². The summed E-state index contributed by atoms with van der Waals surface area (Å²) in [6.45, 7) is 2.32. The molecule has 1 N–H and O–H groups in total. The van der Waals surface area contributed by atoms with E-state index < -0.39 is 24.2 Å². The van der Waals surface area contributed by atoms with Crippen molar-refractivity contribution in [1.29, 1.82) is 0 Å². The van der Waals surface area contributed by atoms with Crippen LogP contribution in [0, 0.1) is 0 Å². The molecule has 1 aromatic rings. The van der Waals surface area contributed by atoms with Gasteiger partial charge in [-0.3, -0.25) is 0 Å². The van der Waals surface area contributed by atoms with Gasteiger partial charge < -0.3 is 0 Å². The van der Waals surface area contributed by atoms with Crippen molar-refractivity contribution in [1.82, 2.24) is 0 Å². The molecule has 0 aliphatic heterocycles. The Labute approximate surface area is 84.6 Å². The van der Waals surface area contributed by atoms with Crippen LogP contribution in [-0.4, -0.2) is 35.9 Å². The number of hydrogen-bond acceptors (Lipinski definition) is 2. The summed E-state index contributed by atoms with van der Waals surface area (Å²) in [5.74, 6) is 0. The fourth-order valence-corrected chi connectivity index (χ4v) is 5.46. The monoisotopic (exact) mass is 288 g/mol. The molecule has 0 bridgehead atoms. The van der Waals surface area contributed by atoms with Gasteiger partial charge in [-0.25, -0.2) is 0 Å². The summed E-state index contributed by atoms with van der Waals surface area (Å²) >= 11 is -2.97. The van der Waals surface area contributed by atoms with Gasteiger partial charge in [0, 0.05) is 0 Å². The minimum absolute atomic E-state index is 0.488. The molecular formula is C9H12O3Sn. The Morgan fingerprint density at radius 2 is 2.08 bits per heavy atom. The molecule has 0 saturated carbocycles. The molecule has 0 saturated heterocycles. The molecular weight excluding hydrogens is 275 g/mol. The van der Waals surface area contributed by atoms with E-state index in [1.807, 2.05) is 37.3 Å². The standard InChI is InChI=1S/C6H5.C2H5O.CHO2.Sn.H/c1-2-4-6-5-3-1;1-2-3;2-1-3;;/h1-5H;2H2,1H3;(H,2,3);;/q;-1;;+1;. The third-order valence-electron chi connectivity index (χ3n) is 1.66. The Morgan fingerprint density at radius 1 is 1.46 bits per heavy atom. The molecule has 0 aliphatic rings. The third-order valence-corrected chi connectivity index (χ3v) is 7.67. The molecule has 0 radical (unpaired) electrons. The number of carboxylic acid groups (broad SMARTS) is 1. The summed E-state index contributed by atoms with van der Waals surface area (Å²) in [5, 5.41) is 8.93. The van der Waals surface area contributed by atoms with E-state index in [0.717, 1.165) is 3.58 Å². The van der Waals surface area contributed by atoms with Crippen LogP contribution in [-0.2, 0) is 3.07 Å². The van der Waals surface area contributed by atoms with Crippen LogP contribution >= 0.6 is 0 Å². The number of hydrogen-bond donors (Lipinski definition) is 1. The molecule has 3 nitrogen and oxygen atoms in total. The van der Waals surface area contributed by atoms with Gasteiger partial charge in [-0.2, -0.15) is 0 Å². The number of benzene rings is 1. The van der Waals surface area contributed by atoms with E-state index in [2.05, 4.69) is 0 Å². The van der Waals surface area contributed by atoms with Crippen molar-refractivity contribution in [3.05, 3.63) is 30.3 Å². The Morgan fingerprint density at radius 3 is 2.54 bits per heavy atom. The first-order valence-electron chi connectivity index (χ1n) is 4.15. The average molecular weight is 287 g/mol. The first-order valence-corrected chi connectivity index (χ1v) is 8.79. The molecule has 70 valence electrons. The molecule has 1 rings (SSSR count). The minimum atomic E-state index is -2.97. The molecule has 0 amide bonds. The fourth-order valence-electron chi connectivity index (χ4n) is 1.10. The first kappa shape index (κ1) is 10.5.